The topological polar surface area (TPSA) is 86.6 Å². The molecule has 0 fully saturated rings. The number of aromatic hydroxyl groups is 1. The molecule has 0 saturated heterocycles. The fourth-order valence-corrected chi connectivity index (χ4v) is 1.54. The molecule has 0 radical (unpaired) electrons. The number of nitrogens with one attached hydrogen (secondary N) is 1. The number of aliphatic carboxylic acids is 1. The fraction of sp³-hybridized carbons (Fsp3) is 0.333. The highest BCUT2D eigenvalue weighted by Crippen LogP contribution is 2.19. The van der Waals surface area contributed by atoms with Gasteiger partial charge >= 0.3 is 5.97 Å². The lowest BCUT2D eigenvalue weighted by atomic mass is 10.0. The number of carboxylic acid groups (broad SMARTS) is 1. The molecule has 0 aliphatic rings. The molecule has 92 valence electrons. The Bertz CT molecular complexity index is 442. The van der Waals surface area contributed by atoms with Crippen LogP contribution in [0.25, 0.3) is 0 Å². The van der Waals surface area contributed by atoms with Crippen LogP contribution in [0.15, 0.2) is 18.2 Å². The molecule has 5 heteroatoms. The first-order valence-corrected chi connectivity index (χ1v) is 5.18. The molecule has 17 heavy (non-hydrogen) atoms. The first-order valence-electron chi connectivity index (χ1n) is 5.18. The van der Waals surface area contributed by atoms with E-state index in [1.165, 1.54) is 13.0 Å². The van der Waals surface area contributed by atoms with Gasteiger partial charge < -0.3 is 15.5 Å². The molecular weight excluding hydrogens is 222 g/mol. The van der Waals surface area contributed by atoms with Crippen molar-refractivity contribution >= 4 is 11.9 Å². The number of carbonyl (C=O) groups excluding carboxylic acids is 1. The van der Waals surface area contributed by atoms with Gasteiger partial charge in [-0.2, -0.15) is 0 Å². The van der Waals surface area contributed by atoms with Crippen LogP contribution < -0.4 is 5.32 Å². The fourth-order valence-electron chi connectivity index (χ4n) is 1.54. The average molecular weight is 237 g/mol. The zero-order valence-electron chi connectivity index (χ0n) is 9.73. The van der Waals surface area contributed by atoms with E-state index in [1.54, 1.807) is 12.1 Å². The second kappa shape index (κ2) is 5.34. The second-order valence-corrected chi connectivity index (χ2v) is 3.93. The zero-order chi connectivity index (χ0) is 13.0. The first-order chi connectivity index (χ1) is 7.90. The highest BCUT2D eigenvalue weighted by Gasteiger charge is 2.20. The smallest absolute Gasteiger partial charge is 0.326 e. The maximum absolute atomic E-state index is 10.9. The van der Waals surface area contributed by atoms with Crippen LogP contribution in [0, 0.1) is 6.92 Å². The number of benzene rings is 1. The molecule has 1 rings (SSSR count). The van der Waals surface area contributed by atoms with Gasteiger partial charge in [-0.15, -0.1) is 0 Å². The molecular formula is C12H15NO4. The minimum Gasteiger partial charge on any atom is -0.508 e. The van der Waals surface area contributed by atoms with E-state index in [0.717, 1.165) is 5.56 Å². The first kappa shape index (κ1) is 13.0. The van der Waals surface area contributed by atoms with Gasteiger partial charge in [-0.1, -0.05) is 17.7 Å². The average Bonchev–Trinajstić information content (AvgIpc) is 2.21. The van der Waals surface area contributed by atoms with Gasteiger partial charge in [0.05, 0.1) is 0 Å². The Kier molecular flexibility index (Phi) is 4.09. The summed E-state index contributed by atoms with van der Waals surface area (Å²) in [5.41, 5.74) is 1.43. The number of amides is 1. The highest BCUT2D eigenvalue weighted by atomic mass is 16.4. The van der Waals surface area contributed by atoms with E-state index < -0.39 is 17.9 Å². The van der Waals surface area contributed by atoms with Gasteiger partial charge in [0, 0.05) is 13.3 Å². The summed E-state index contributed by atoms with van der Waals surface area (Å²) in [4.78, 5) is 21.8. The number of hydrogen-bond donors (Lipinski definition) is 3. The van der Waals surface area contributed by atoms with E-state index in [0.29, 0.717) is 5.56 Å². The summed E-state index contributed by atoms with van der Waals surface area (Å²) in [5.74, 6) is -1.50. The van der Waals surface area contributed by atoms with Gasteiger partial charge in [-0.05, 0) is 18.6 Å². The summed E-state index contributed by atoms with van der Waals surface area (Å²) in [6, 6.07) is 3.91. The summed E-state index contributed by atoms with van der Waals surface area (Å²) in [6.07, 6.45) is 0.0580. The number of carbonyl (C=O) groups is 2. The van der Waals surface area contributed by atoms with Crippen LogP contribution in [-0.2, 0) is 16.0 Å². The van der Waals surface area contributed by atoms with Crippen LogP contribution in [0.2, 0.25) is 0 Å². The summed E-state index contributed by atoms with van der Waals surface area (Å²) < 4.78 is 0. The van der Waals surface area contributed by atoms with E-state index in [-0.39, 0.29) is 12.2 Å². The SMILES string of the molecule is CC(=O)NC(Cc1cc(C)ccc1O)C(=O)O. The van der Waals surface area contributed by atoms with Crippen LogP contribution >= 0.6 is 0 Å². The van der Waals surface area contributed by atoms with Gasteiger partial charge in [-0.3, -0.25) is 4.79 Å². The zero-order valence-corrected chi connectivity index (χ0v) is 9.73. The Hall–Kier alpha value is -2.04. The molecule has 1 aromatic carbocycles. The van der Waals surface area contributed by atoms with Gasteiger partial charge in [-0.25, -0.2) is 4.79 Å². The highest BCUT2D eigenvalue weighted by molar-refractivity contribution is 5.82. The molecule has 0 aliphatic carbocycles. The number of phenols is 1. The number of aryl methyl sites for hydroxylation is 1. The van der Waals surface area contributed by atoms with E-state index in [1.807, 2.05) is 6.92 Å². The number of hydrogen-bond acceptors (Lipinski definition) is 3. The Morgan fingerprint density at radius 2 is 2.06 bits per heavy atom. The molecule has 1 unspecified atom stereocenters. The third-order valence-corrected chi connectivity index (χ3v) is 2.33. The van der Waals surface area contributed by atoms with Crippen LogP contribution in [0.3, 0.4) is 0 Å². The lowest BCUT2D eigenvalue weighted by Gasteiger charge is -2.14. The van der Waals surface area contributed by atoms with E-state index in [2.05, 4.69) is 5.32 Å². The molecule has 0 spiro atoms. The third kappa shape index (κ3) is 3.79. The van der Waals surface area contributed by atoms with Crippen molar-refractivity contribution in [3.05, 3.63) is 29.3 Å². The van der Waals surface area contributed by atoms with E-state index in [9.17, 15) is 14.7 Å². The third-order valence-electron chi connectivity index (χ3n) is 2.33. The molecule has 0 bridgehead atoms. The van der Waals surface area contributed by atoms with Crippen LogP contribution in [-0.4, -0.2) is 28.1 Å². The van der Waals surface area contributed by atoms with Crippen molar-refractivity contribution in [2.24, 2.45) is 0 Å². The monoisotopic (exact) mass is 237 g/mol. The molecule has 0 aliphatic heterocycles. The van der Waals surface area contributed by atoms with Crippen molar-refractivity contribution in [2.75, 3.05) is 0 Å². The molecule has 0 saturated carbocycles. The van der Waals surface area contributed by atoms with Gasteiger partial charge in [0.25, 0.3) is 0 Å². The largest absolute Gasteiger partial charge is 0.508 e. The van der Waals surface area contributed by atoms with Crippen molar-refractivity contribution in [2.45, 2.75) is 26.3 Å². The summed E-state index contributed by atoms with van der Waals surface area (Å²) in [6.45, 7) is 3.10. The Morgan fingerprint density at radius 1 is 1.41 bits per heavy atom. The Labute approximate surface area is 99.1 Å². The summed E-state index contributed by atoms with van der Waals surface area (Å²) in [5, 5.41) is 20.9. The normalized spacial score (nSPS) is 11.9. The van der Waals surface area contributed by atoms with Gasteiger partial charge in [0.15, 0.2) is 0 Å². The lowest BCUT2D eigenvalue weighted by molar-refractivity contribution is -0.141. The molecule has 1 amide bonds. The van der Waals surface area contributed by atoms with Crippen molar-refractivity contribution in [1.29, 1.82) is 0 Å². The molecule has 5 nitrogen and oxygen atoms in total. The lowest BCUT2D eigenvalue weighted by Crippen LogP contribution is -2.41. The van der Waals surface area contributed by atoms with Crippen molar-refractivity contribution in [3.8, 4) is 5.75 Å². The van der Waals surface area contributed by atoms with Crippen molar-refractivity contribution in [3.63, 3.8) is 0 Å². The molecule has 1 aromatic rings. The standard InChI is InChI=1S/C12H15NO4/c1-7-3-4-11(15)9(5-7)6-10(12(16)17)13-8(2)14/h3-5,10,15H,6H2,1-2H3,(H,13,14)(H,16,17). The Balaban J connectivity index is 2.89. The van der Waals surface area contributed by atoms with E-state index >= 15 is 0 Å². The van der Waals surface area contributed by atoms with Crippen molar-refractivity contribution in [1.82, 2.24) is 5.32 Å². The van der Waals surface area contributed by atoms with Crippen LogP contribution in [0.1, 0.15) is 18.1 Å². The molecule has 0 aromatic heterocycles. The quantitative estimate of drug-likeness (QED) is 0.724. The number of phenolic OH excluding ortho intramolecular Hbond substituents is 1. The summed E-state index contributed by atoms with van der Waals surface area (Å²) >= 11 is 0. The van der Waals surface area contributed by atoms with Crippen LogP contribution in [0.4, 0.5) is 0 Å². The van der Waals surface area contributed by atoms with Gasteiger partial charge in [0.1, 0.15) is 11.8 Å². The second-order valence-electron chi connectivity index (χ2n) is 3.93. The molecule has 3 N–H and O–H groups in total. The molecule has 0 heterocycles. The minimum absolute atomic E-state index is 0.0344. The van der Waals surface area contributed by atoms with Gasteiger partial charge in [0.2, 0.25) is 5.91 Å². The van der Waals surface area contributed by atoms with E-state index in [4.69, 9.17) is 5.11 Å². The minimum atomic E-state index is -1.12. The van der Waals surface area contributed by atoms with Crippen molar-refractivity contribution < 1.29 is 19.8 Å². The number of carboxylic acids is 1. The number of rotatable bonds is 4. The predicted octanol–water partition coefficient (Wildman–Crippen LogP) is 0.832. The molecule has 1 atom stereocenters. The maximum atomic E-state index is 10.9. The summed E-state index contributed by atoms with van der Waals surface area (Å²) in [7, 11) is 0. The maximum Gasteiger partial charge on any atom is 0.326 e. The van der Waals surface area contributed by atoms with Crippen LogP contribution in [0.5, 0.6) is 5.75 Å². The predicted molar refractivity (Wildman–Crippen MR) is 61.8 cm³/mol. The Morgan fingerprint density at radius 3 is 2.59 bits per heavy atom.